The Balaban J connectivity index is 1.74. The zero-order valence-electron chi connectivity index (χ0n) is 9.19. The summed E-state index contributed by atoms with van der Waals surface area (Å²) in [7, 11) is 1.90. The molecule has 0 bridgehead atoms. The second kappa shape index (κ2) is 4.74. The van der Waals surface area contributed by atoms with Crippen LogP contribution in [0.2, 0.25) is 0 Å². The van der Waals surface area contributed by atoms with Gasteiger partial charge in [-0.15, -0.1) is 0 Å². The van der Waals surface area contributed by atoms with Crippen LogP contribution in [0.25, 0.3) is 0 Å². The van der Waals surface area contributed by atoms with Crippen LogP contribution in [0.4, 0.5) is 0 Å². The van der Waals surface area contributed by atoms with Gasteiger partial charge in [-0.2, -0.15) is 11.8 Å². The van der Waals surface area contributed by atoms with Crippen molar-refractivity contribution in [3.8, 4) is 0 Å². The molecule has 3 nitrogen and oxygen atoms in total. The summed E-state index contributed by atoms with van der Waals surface area (Å²) in [6.07, 6.45) is 2.68. The Hall–Kier alpha value is -0.220. The third kappa shape index (κ3) is 2.67. The standard InChI is InChI=1S/C11H19NO2S/c1-12(6-8-4-10(13)5-8)11(14)9-2-3-15-7-9/h8-10,13H,2-7H2,1H3. The van der Waals surface area contributed by atoms with E-state index < -0.39 is 0 Å². The number of hydrogen-bond acceptors (Lipinski definition) is 3. The Morgan fingerprint density at radius 3 is 2.80 bits per heavy atom. The summed E-state index contributed by atoms with van der Waals surface area (Å²) in [5, 5.41) is 9.17. The molecular weight excluding hydrogens is 210 g/mol. The van der Waals surface area contributed by atoms with Crippen LogP contribution in [0.15, 0.2) is 0 Å². The Bertz CT molecular complexity index is 235. The highest BCUT2D eigenvalue weighted by Crippen LogP contribution is 2.29. The molecule has 2 fully saturated rings. The van der Waals surface area contributed by atoms with Gasteiger partial charge in [-0.05, 0) is 30.9 Å². The number of aliphatic hydroxyl groups excluding tert-OH is 1. The summed E-state index contributed by atoms with van der Waals surface area (Å²) in [6.45, 7) is 0.830. The van der Waals surface area contributed by atoms with Crippen molar-refractivity contribution in [1.29, 1.82) is 0 Å². The second-order valence-electron chi connectivity index (χ2n) is 4.77. The van der Waals surface area contributed by atoms with Gasteiger partial charge >= 0.3 is 0 Å². The fourth-order valence-electron chi connectivity index (χ4n) is 2.37. The highest BCUT2D eigenvalue weighted by Gasteiger charge is 2.31. The lowest BCUT2D eigenvalue weighted by atomic mass is 9.82. The molecule has 1 heterocycles. The quantitative estimate of drug-likeness (QED) is 0.784. The smallest absolute Gasteiger partial charge is 0.226 e. The van der Waals surface area contributed by atoms with Crippen molar-refractivity contribution < 1.29 is 9.90 Å². The minimum atomic E-state index is -0.111. The Kier molecular flexibility index (Phi) is 3.57. The molecule has 0 radical (unpaired) electrons. The van der Waals surface area contributed by atoms with Crippen LogP contribution in [-0.2, 0) is 4.79 Å². The number of aliphatic hydroxyl groups is 1. The van der Waals surface area contributed by atoms with Crippen molar-refractivity contribution in [1.82, 2.24) is 4.90 Å². The molecule has 2 aliphatic rings. The zero-order valence-corrected chi connectivity index (χ0v) is 10.0. The maximum atomic E-state index is 12.0. The van der Waals surface area contributed by atoms with Gasteiger partial charge in [0.05, 0.1) is 6.10 Å². The van der Waals surface area contributed by atoms with Gasteiger partial charge in [0.1, 0.15) is 0 Å². The van der Waals surface area contributed by atoms with Crippen molar-refractivity contribution in [2.75, 3.05) is 25.1 Å². The number of carbonyl (C=O) groups is 1. The molecule has 1 saturated heterocycles. The molecule has 0 aromatic heterocycles. The van der Waals surface area contributed by atoms with E-state index in [0.29, 0.717) is 11.8 Å². The first-order chi connectivity index (χ1) is 7.16. The predicted octanol–water partition coefficient (Wildman–Crippen LogP) is 0.969. The second-order valence-corrected chi connectivity index (χ2v) is 5.92. The number of amides is 1. The lowest BCUT2D eigenvalue weighted by molar-refractivity contribution is -0.135. The van der Waals surface area contributed by atoms with E-state index in [1.54, 1.807) is 0 Å². The Morgan fingerprint density at radius 1 is 1.53 bits per heavy atom. The maximum Gasteiger partial charge on any atom is 0.226 e. The summed E-state index contributed by atoms with van der Waals surface area (Å²) < 4.78 is 0. The van der Waals surface area contributed by atoms with Crippen LogP contribution >= 0.6 is 11.8 Å². The zero-order chi connectivity index (χ0) is 10.8. The third-order valence-electron chi connectivity index (χ3n) is 3.40. The summed E-state index contributed by atoms with van der Waals surface area (Å²) >= 11 is 1.88. The molecule has 2 rings (SSSR count). The topological polar surface area (TPSA) is 40.5 Å². The van der Waals surface area contributed by atoms with Crippen LogP contribution < -0.4 is 0 Å². The molecule has 1 atom stereocenters. The van der Waals surface area contributed by atoms with Gasteiger partial charge in [-0.1, -0.05) is 0 Å². The fourth-order valence-corrected chi connectivity index (χ4v) is 3.58. The van der Waals surface area contributed by atoms with E-state index in [1.807, 2.05) is 23.7 Å². The molecule has 1 aliphatic carbocycles. The van der Waals surface area contributed by atoms with E-state index in [4.69, 9.17) is 0 Å². The highest BCUT2D eigenvalue weighted by atomic mass is 32.2. The largest absolute Gasteiger partial charge is 0.393 e. The van der Waals surface area contributed by atoms with Gasteiger partial charge in [0.2, 0.25) is 5.91 Å². The average molecular weight is 229 g/mol. The normalized spacial score (nSPS) is 34.9. The van der Waals surface area contributed by atoms with Gasteiger partial charge < -0.3 is 10.0 Å². The van der Waals surface area contributed by atoms with Crippen molar-refractivity contribution in [3.05, 3.63) is 0 Å². The highest BCUT2D eigenvalue weighted by molar-refractivity contribution is 7.99. The van der Waals surface area contributed by atoms with Gasteiger partial charge in [0.15, 0.2) is 0 Å². The molecule has 4 heteroatoms. The molecule has 1 unspecified atom stereocenters. The first kappa shape index (κ1) is 11.3. The van der Waals surface area contributed by atoms with Crippen LogP contribution in [0.1, 0.15) is 19.3 Å². The molecule has 86 valence electrons. The van der Waals surface area contributed by atoms with Gasteiger partial charge in [-0.3, -0.25) is 4.79 Å². The van der Waals surface area contributed by atoms with Gasteiger partial charge in [-0.25, -0.2) is 0 Å². The van der Waals surface area contributed by atoms with Crippen molar-refractivity contribution >= 4 is 17.7 Å². The third-order valence-corrected chi connectivity index (χ3v) is 4.56. The van der Waals surface area contributed by atoms with Crippen LogP contribution in [0.5, 0.6) is 0 Å². The van der Waals surface area contributed by atoms with Crippen molar-refractivity contribution in [2.24, 2.45) is 11.8 Å². The summed E-state index contributed by atoms with van der Waals surface area (Å²) in [6, 6.07) is 0. The minimum absolute atomic E-state index is 0.111. The predicted molar refractivity (Wildman–Crippen MR) is 61.8 cm³/mol. The Morgan fingerprint density at radius 2 is 2.27 bits per heavy atom. The lowest BCUT2D eigenvalue weighted by Gasteiger charge is -2.35. The van der Waals surface area contributed by atoms with Gasteiger partial charge in [0, 0.05) is 25.3 Å². The number of hydrogen-bond donors (Lipinski definition) is 1. The first-order valence-corrected chi connectivity index (χ1v) is 6.83. The molecule has 1 aliphatic heterocycles. The molecule has 1 N–H and O–H groups in total. The van der Waals surface area contributed by atoms with E-state index in [2.05, 4.69) is 0 Å². The minimum Gasteiger partial charge on any atom is -0.393 e. The Labute approximate surface area is 95.2 Å². The molecule has 0 spiro atoms. The average Bonchev–Trinajstić information content (AvgIpc) is 2.66. The van der Waals surface area contributed by atoms with Gasteiger partial charge in [0.25, 0.3) is 0 Å². The molecule has 1 saturated carbocycles. The summed E-state index contributed by atoms with van der Waals surface area (Å²) in [5.41, 5.74) is 0. The molecular formula is C11H19NO2S. The van der Waals surface area contributed by atoms with E-state index in [1.165, 1.54) is 0 Å². The lowest BCUT2D eigenvalue weighted by Crippen LogP contribution is -2.41. The number of carbonyl (C=O) groups excluding carboxylic acids is 1. The van der Waals surface area contributed by atoms with E-state index in [0.717, 1.165) is 37.3 Å². The van der Waals surface area contributed by atoms with Crippen molar-refractivity contribution in [2.45, 2.75) is 25.4 Å². The number of nitrogens with zero attached hydrogens (tertiary/aromatic N) is 1. The first-order valence-electron chi connectivity index (χ1n) is 5.67. The molecule has 0 aromatic rings. The van der Waals surface area contributed by atoms with E-state index >= 15 is 0 Å². The monoisotopic (exact) mass is 229 g/mol. The van der Waals surface area contributed by atoms with Crippen LogP contribution in [0, 0.1) is 11.8 Å². The van der Waals surface area contributed by atoms with Crippen LogP contribution in [0.3, 0.4) is 0 Å². The van der Waals surface area contributed by atoms with Crippen LogP contribution in [-0.4, -0.2) is 47.1 Å². The molecule has 1 amide bonds. The summed E-state index contributed by atoms with van der Waals surface area (Å²) in [5.74, 6) is 3.22. The fraction of sp³-hybridized carbons (Fsp3) is 0.909. The number of rotatable bonds is 3. The van der Waals surface area contributed by atoms with Crippen molar-refractivity contribution in [3.63, 3.8) is 0 Å². The summed E-state index contributed by atoms with van der Waals surface area (Å²) in [4.78, 5) is 13.8. The maximum absolute atomic E-state index is 12.0. The molecule has 0 aromatic carbocycles. The van der Waals surface area contributed by atoms with E-state index in [-0.39, 0.29) is 12.0 Å². The SMILES string of the molecule is CN(CC1CC(O)C1)C(=O)C1CCSC1. The molecule has 15 heavy (non-hydrogen) atoms. The van der Waals surface area contributed by atoms with E-state index in [9.17, 15) is 9.90 Å². The number of thioether (sulfide) groups is 1.